The molecule has 2 heterocycles. The van der Waals surface area contributed by atoms with Crippen LogP contribution in [-0.2, 0) is 18.3 Å². The second-order valence-corrected chi connectivity index (χ2v) is 4.46. The minimum Gasteiger partial charge on any atom is -0.374 e. The van der Waals surface area contributed by atoms with E-state index in [1.165, 1.54) is 0 Å². The molecule has 0 aromatic carbocycles. The molecule has 5 nitrogen and oxygen atoms in total. The predicted octanol–water partition coefficient (Wildman–Crippen LogP) is -0.0319. The summed E-state index contributed by atoms with van der Waals surface area (Å²) >= 11 is 0. The number of hydrogen-bond acceptors (Lipinski definition) is 4. The minimum atomic E-state index is 0.0872. The molecule has 2 atom stereocenters. The standard InChI is InChI=1S/C11H20N4O/c1-9(12)10-7-15(5-6-16-10)8-11-13-3-4-14(11)2/h3-4,9-10H,5-8,12H2,1-2H3. The molecule has 2 rings (SSSR count). The molecule has 0 bridgehead atoms. The van der Waals surface area contributed by atoms with Crippen LogP contribution in [0.2, 0.25) is 0 Å². The molecular weight excluding hydrogens is 204 g/mol. The summed E-state index contributed by atoms with van der Waals surface area (Å²) in [5.41, 5.74) is 5.86. The van der Waals surface area contributed by atoms with Gasteiger partial charge in [-0.2, -0.15) is 0 Å². The van der Waals surface area contributed by atoms with Gasteiger partial charge in [-0.1, -0.05) is 0 Å². The molecule has 1 saturated heterocycles. The molecule has 1 fully saturated rings. The van der Waals surface area contributed by atoms with E-state index in [1.807, 2.05) is 26.4 Å². The second kappa shape index (κ2) is 4.95. The van der Waals surface area contributed by atoms with Crippen LogP contribution >= 0.6 is 0 Å². The van der Waals surface area contributed by atoms with Crippen LogP contribution in [0.5, 0.6) is 0 Å². The maximum Gasteiger partial charge on any atom is 0.122 e. The van der Waals surface area contributed by atoms with E-state index in [4.69, 9.17) is 10.5 Å². The van der Waals surface area contributed by atoms with Crippen LogP contribution < -0.4 is 5.73 Å². The van der Waals surface area contributed by atoms with Crippen LogP contribution in [0.4, 0.5) is 0 Å². The molecule has 0 spiro atoms. The Kier molecular flexibility index (Phi) is 3.58. The molecule has 5 heteroatoms. The van der Waals surface area contributed by atoms with Crippen LogP contribution in [0.1, 0.15) is 12.7 Å². The Bertz CT molecular complexity index is 336. The van der Waals surface area contributed by atoms with Crippen molar-refractivity contribution >= 4 is 0 Å². The van der Waals surface area contributed by atoms with Gasteiger partial charge in [0.2, 0.25) is 0 Å². The third-order valence-electron chi connectivity index (χ3n) is 3.05. The SMILES string of the molecule is CC(N)C1CN(Cc2nccn2C)CCO1. The van der Waals surface area contributed by atoms with Gasteiger partial charge in [-0.3, -0.25) is 4.90 Å². The topological polar surface area (TPSA) is 56.3 Å². The van der Waals surface area contributed by atoms with Gasteiger partial charge in [0.05, 0.1) is 19.3 Å². The number of nitrogens with zero attached hydrogens (tertiary/aromatic N) is 3. The summed E-state index contributed by atoms with van der Waals surface area (Å²) in [6, 6.07) is 0.0872. The highest BCUT2D eigenvalue weighted by molar-refractivity contribution is 4.92. The van der Waals surface area contributed by atoms with E-state index in [-0.39, 0.29) is 12.1 Å². The van der Waals surface area contributed by atoms with Gasteiger partial charge in [0.1, 0.15) is 5.82 Å². The lowest BCUT2D eigenvalue weighted by Crippen LogP contribution is -2.49. The van der Waals surface area contributed by atoms with Crippen molar-refractivity contribution in [1.82, 2.24) is 14.5 Å². The third-order valence-corrected chi connectivity index (χ3v) is 3.05. The zero-order chi connectivity index (χ0) is 11.5. The largest absolute Gasteiger partial charge is 0.374 e. The smallest absolute Gasteiger partial charge is 0.122 e. The van der Waals surface area contributed by atoms with Crippen LogP contribution in [0.25, 0.3) is 0 Å². The van der Waals surface area contributed by atoms with Gasteiger partial charge in [0.25, 0.3) is 0 Å². The molecule has 0 radical (unpaired) electrons. The Morgan fingerprint density at radius 1 is 1.69 bits per heavy atom. The molecule has 1 aromatic heterocycles. The molecule has 2 N–H and O–H groups in total. The lowest BCUT2D eigenvalue weighted by atomic mass is 10.1. The van der Waals surface area contributed by atoms with Crippen molar-refractivity contribution in [2.45, 2.75) is 25.6 Å². The molecule has 2 unspecified atom stereocenters. The Hall–Kier alpha value is -0.910. The number of aromatic nitrogens is 2. The van der Waals surface area contributed by atoms with Crippen molar-refractivity contribution in [1.29, 1.82) is 0 Å². The van der Waals surface area contributed by atoms with E-state index in [0.717, 1.165) is 32.1 Å². The predicted molar refractivity (Wildman–Crippen MR) is 61.9 cm³/mol. The summed E-state index contributed by atoms with van der Waals surface area (Å²) in [7, 11) is 2.02. The summed E-state index contributed by atoms with van der Waals surface area (Å²) in [6.07, 6.45) is 3.95. The maximum absolute atomic E-state index is 5.86. The number of imidazole rings is 1. The van der Waals surface area contributed by atoms with Crippen molar-refractivity contribution in [2.75, 3.05) is 19.7 Å². The number of morpholine rings is 1. The Morgan fingerprint density at radius 2 is 2.50 bits per heavy atom. The number of hydrogen-bond donors (Lipinski definition) is 1. The lowest BCUT2D eigenvalue weighted by molar-refractivity contribution is -0.0412. The molecule has 0 aliphatic carbocycles. The average molecular weight is 224 g/mol. The second-order valence-electron chi connectivity index (χ2n) is 4.46. The van der Waals surface area contributed by atoms with E-state index in [2.05, 4.69) is 14.5 Å². The summed E-state index contributed by atoms with van der Waals surface area (Å²) in [5, 5.41) is 0. The fourth-order valence-corrected chi connectivity index (χ4v) is 1.94. The molecule has 1 aliphatic heterocycles. The summed E-state index contributed by atoms with van der Waals surface area (Å²) in [4.78, 5) is 6.68. The van der Waals surface area contributed by atoms with Crippen molar-refractivity contribution in [3.63, 3.8) is 0 Å². The first-order chi connectivity index (χ1) is 7.66. The molecule has 1 aliphatic rings. The highest BCUT2D eigenvalue weighted by atomic mass is 16.5. The number of ether oxygens (including phenoxy) is 1. The molecule has 0 saturated carbocycles. The number of rotatable bonds is 3. The van der Waals surface area contributed by atoms with Crippen LogP contribution in [0.3, 0.4) is 0 Å². The fraction of sp³-hybridized carbons (Fsp3) is 0.727. The van der Waals surface area contributed by atoms with Gasteiger partial charge in [0.15, 0.2) is 0 Å². The van der Waals surface area contributed by atoms with Crippen molar-refractivity contribution in [3.05, 3.63) is 18.2 Å². The Balaban J connectivity index is 1.93. The quantitative estimate of drug-likeness (QED) is 0.783. The van der Waals surface area contributed by atoms with E-state index >= 15 is 0 Å². The average Bonchev–Trinajstić information content (AvgIpc) is 2.65. The van der Waals surface area contributed by atoms with E-state index in [1.54, 1.807) is 0 Å². The summed E-state index contributed by atoms with van der Waals surface area (Å²) in [6.45, 7) is 5.47. The first-order valence-electron chi connectivity index (χ1n) is 5.72. The normalized spacial score (nSPS) is 24.6. The third kappa shape index (κ3) is 2.61. The molecule has 16 heavy (non-hydrogen) atoms. The summed E-state index contributed by atoms with van der Waals surface area (Å²) in [5.74, 6) is 1.09. The Labute approximate surface area is 96.2 Å². The summed E-state index contributed by atoms with van der Waals surface area (Å²) < 4.78 is 7.68. The molecule has 1 aromatic rings. The molecular formula is C11H20N4O. The highest BCUT2D eigenvalue weighted by Crippen LogP contribution is 2.10. The van der Waals surface area contributed by atoms with E-state index in [0.29, 0.717) is 0 Å². The van der Waals surface area contributed by atoms with Gasteiger partial charge in [-0.15, -0.1) is 0 Å². The van der Waals surface area contributed by atoms with Gasteiger partial charge in [-0.05, 0) is 6.92 Å². The van der Waals surface area contributed by atoms with E-state index < -0.39 is 0 Å². The first-order valence-corrected chi connectivity index (χ1v) is 5.72. The van der Waals surface area contributed by atoms with Gasteiger partial charge in [-0.25, -0.2) is 4.98 Å². The minimum absolute atomic E-state index is 0.0872. The fourth-order valence-electron chi connectivity index (χ4n) is 1.94. The van der Waals surface area contributed by atoms with Gasteiger partial charge in [0, 0.05) is 38.6 Å². The van der Waals surface area contributed by atoms with Crippen LogP contribution in [0.15, 0.2) is 12.4 Å². The maximum atomic E-state index is 5.86. The highest BCUT2D eigenvalue weighted by Gasteiger charge is 2.23. The van der Waals surface area contributed by atoms with Gasteiger partial charge >= 0.3 is 0 Å². The monoisotopic (exact) mass is 224 g/mol. The van der Waals surface area contributed by atoms with E-state index in [9.17, 15) is 0 Å². The van der Waals surface area contributed by atoms with Crippen molar-refractivity contribution < 1.29 is 4.74 Å². The van der Waals surface area contributed by atoms with Crippen LogP contribution in [-0.4, -0.2) is 46.3 Å². The zero-order valence-electron chi connectivity index (χ0n) is 9.97. The Morgan fingerprint density at radius 3 is 3.12 bits per heavy atom. The first kappa shape index (κ1) is 11.6. The molecule has 90 valence electrons. The van der Waals surface area contributed by atoms with Crippen molar-refractivity contribution in [2.24, 2.45) is 12.8 Å². The lowest BCUT2D eigenvalue weighted by Gasteiger charge is -2.34. The number of aryl methyl sites for hydroxylation is 1. The molecule has 0 amide bonds. The van der Waals surface area contributed by atoms with Gasteiger partial charge < -0.3 is 15.0 Å². The van der Waals surface area contributed by atoms with Crippen molar-refractivity contribution in [3.8, 4) is 0 Å². The zero-order valence-corrected chi connectivity index (χ0v) is 9.97. The number of nitrogens with two attached hydrogens (primary N) is 1. The van der Waals surface area contributed by atoms with Crippen LogP contribution in [0, 0.1) is 0 Å².